The van der Waals surface area contributed by atoms with Gasteiger partial charge in [-0.2, -0.15) is 0 Å². The Morgan fingerprint density at radius 1 is 1.27 bits per heavy atom. The van der Waals surface area contributed by atoms with Crippen molar-refractivity contribution < 1.29 is 5.11 Å². The first-order valence-corrected chi connectivity index (χ1v) is 4.72. The van der Waals surface area contributed by atoms with E-state index in [0.717, 1.165) is 4.90 Å². The molecule has 0 amide bonds. The maximum Gasteiger partial charge on any atom is 0.129 e. The zero-order chi connectivity index (χ0) is 8.43. The van der Waals surface area contributed by atoms with E-state index in [-0.39, 0.29) is 0 Å². The number of rotatable bonds is 1. The zero-order valence-electron chi connectivity index (χ0n) is 7.01. The number of benzene rings is 1. The summed E-state index contributed by atoms with van der Waals surface area (Å²) in [6.45, 7) is 4.08. The van der Waals surface area contributed by atoms with Crippen LogP contribution in [0.4, 0.5) is 0 Å². The predicted molar refractivity (Wildman–Crippen MR) is 49.4 cm³/mol. The first-order valence-electron chi connectivity index (χ1n) is 3.50. The molecule has 0 bridgehead atoms. The molecular formula is C9H12OS. The minimum absolute atomic E-state index is 0.389. The van der Waals surface area contributed by atoms with Crippen molar-refractivity contribution in [3.05, 3.63) is 23.3 Å². The summed E-state index contributed by atoms with van der Waals surface area (Å²) in [5.41, 5.74) is 2.41. The highest BCUT2D eigenvalue weighted by atomic mass is 32.2. The minimum Gasteiger partial charge on any atom is -0.507 e. The molecule has 0 aliphatic heterocycles. The molecule has 0 saturated heterocycles. The van der Waals surface area contributed by atoms with Crippen molar-refractivity contribution in [3.8, 4) is 5.75 Å². The molecule has 0 saturated carbocycles. The highest BCUT2D eigenvalue weighted by molar-refractivity contribution is 7.98. The molecule has 11 heavy (non-hydrogen) atoms. The summed E-state index contributed by atoms with van der Waals surface area (Å²) < 4.78 is 0. The van der Waals surface area contributed by atoms with E-state index in [4.69, 9.17) is 0 Å². The van der Waals surface area contributed by atoms with Crippen LogP contribution in [-0.4, -0.2) is 11.4 Å². The number of thioether (sulfide) groups is 1. The van der Waals surface area contributed by atoms with E-state index >= 15 is 0 Å². The summed E-state index contributed by atoms with van der Waals surface area (Å²) in [7, 11) is 0. The lowest BCUT2D eigenvalue weighted by Gasteiger charge is -2.07. The third kappa shape index (κ3) is 1.51. The normalized spacial score (nSPS) is 10.1. The van der Waals surface area contributed by atoms with Crippen molar-refractivity contribution in [2.24, 2.45) is 0 Å². The van der Waals surface area contributed by atoms with Gasteiger partial charge in [0.25, 0.3) is 0 Å². The van der Waals surface area contributed by atoms with Crippen LogP contribution >= 0.6 is 11.8 Å². The Morgan fingerprint density at radius 2 is 1.91 bits per heavy atom. The summed E-state index contributed by atoms with van der Waals surface area (Å²) in [6, 6.07) is 3.68. The predicted octanol–water partition coefficient (Wildman–Crippen LogP) is 2.73. The third-order valence-corrected chi connectivity index (χ3v) is 2.78. The first kappa shape index (κ1) is 8.47. The topological polar surface area (TPSA) is 20.2 Å². The Labute approximate surface area is 71.4 Å². The van der Waals surface area contributed by atoms with Crippen LogP contribution in [0, 0.1) is 13.8 Å². The first-order chi connectivity index (χ1) is 5.16. The van der Waals surface area contributed by atoms with Crippen LogP contribution in [0.5, 0.6) is 5.75 Å². The highest BCUT2D eigenvalue weighted by Gasteiger charge is 2.04. The van der Waals surface area contributed by atoms with Crippen molar-refractivity contribution in [2.75, 3.05) is 6.26 Å². The zero-order valence-corrected chi connectivity index (χ0v) is 7.83. The summed E-state index contributed by atoms with van der Waals surface area (Å²) in [4.78, 5) is 0.991. The summed E-state index contributed by atoms with van der Waals surface area (Å²) in [5, 5.41) is 9.39. The van der Waals surface area contributed by atoms with Crippen molar-refractivity contribution in [3.63, 3.8) is 0 Å². The lowest BCUT2D eigenvalue weighted by Crippen LogP contribution is -1.84. The molecule has 1 aromatic carbocycles. The molecule has 0 aromatic heterocycles. The molecule has 0 atom stereocenters. The molecular weight excluding hydrogens is 156 g/mol. The molecule has 0 spiro atoms. The van der Waals surface area contributed by atoms with Crippen LogP contribution in [0.2, 0.25) is 0 Å². The van der Waals surface area contributed by atoms with Crippen LogP contribution in [0.25, 0.3) is 0 Å². The molecule has 2 heteroatoms. The van der Waals surface area contributed by atoms with Gasteiger partial charge in [-0.25, -0.2) is 0 Å². The van der Waals surface area contributed by atoms with E-state index in [1.165, 1.54) is 11.1 Å². The summed E-state index contributed by atoms with van der Waals surface area (Å²) >= 11 is 1.59. The molecule has 1 N–H and O–H groups in total. The van der Waals surface area contributed by atoms with Gasteiger partial charge in [0.2, 0.25) is 0 Å². The molecule has 0 aliphatic carbocycles. The van der Waals surface area contributed by atoms with Crippen molar-refractivity contribution in [2.45, 2.75) is 18.7 Å². The summed E-state index contributed by atoms with van der Waals surface area (Å²) in [6.07, 6.45) is 1.97. The molecule has 1 nitrogen and oxygen atoms in total. The van der Waals surface area contributed by atoms with Crippen LogP contribution in [0.3, 0.4) is 0 Å². The lowest BCUT2D eigenvalue weighted by atomic mass is 10.1. The Bertz CT molecular complexity index is 269. The Kier molecular flexibility index (Phi) is 2.45. The van der Waals surface area contributed by atoms with E-state index in [2.05, 4.69) is 6.92 Å². The van der Waals surface area contributed by atoms with Crippen molar-refractivity contribution >= 4 is 11.8 Å². The van der Waals surface area contributed by atoms with Gasteiger partial charge in [-0.3, -0.25) is 0 Å². The number of phenols is 1. The lowest BCUT2D eigenvalue weighted by molar-refractivity contribution is 0.461. The Morgan fingerprint density at radius 3 is 2.36 bits per heavy atom. The largest absolute Gasteiger partial charge is 0.507 e. The van der Waals surface area contributed by atoms with Gasteiger partial charge < -0.3 is 5.11 Å². The molecule has 1 aromatic rings. The maximum atomic E-state index is 9.39. The van der Waals surface area contributed by atoms with Gasteiger partial charge in [0.1, 0.15) is 5.75 Å². The number of hydrogen-bond donors (Lipinski definition) is 1. The fourth-order valence-corrected chi connectivity index (χ4v) is 1.78. The van der Waals surface area contributed by atoms with E-state index in [9.17, 15) is 5.11 Å². The monoisotopic (exact) mass is 168 g/mol. The SMILES string of the molecule is CSc1c(O)ccc(C)c1C. The number of phenolic OH excluding ortho intramolecular Hbond substituents is 1. The number of aromatic hydroxyl groups is 1. The second kappa shape index (κ2) is 3.18. The quantitative estimate of drug-likeness (QED) is 0.651. The van der Waals surface area contributed by atoms with Gasteiger partial charge in [-0.05, 0) is 37.3 Å². The van der Waals surface area contributed by atoms with Gasteiger partial charge in [-0.15, -0.1) is 11.8 Å². The molecule has 0 heterocycles. The Balaban J connectivity index is 3.29. The molecule has 0 aliphatic rings. The number of hydrogen-bond acceptors (Lipinski definition) is 2. The molecule has 0 fully saturated rings. The van der Waals surface area contributed by atoms with Crippen LogP contribution in [0.1, 0.15) is 11.1 Å². The van der Waals surface area contributed by atoms with E-state index in [1.807, 2.05) is 19.2 Å². The third-order valence-electron chi connectivity index (χ3n) is 1.86. The van der Waals surface area contributed by atoms with E-state index in [0.29, 0.717) is 5.75 Å². The molecule has 1 rings (SSSR count). The maximum absolute atomic E-state index is 9.39. The minimum atomic E-state index is 0.389. The van der Waals surface area contributed by atoms with Crippen LogP contribution in [0.15, 0.2) is 17.0 Å². The average Bonchev–Trinajstić information content (AvgIpc) is 1.99. The fourth-order valence-electron chi connectivity index (χ4n) is 1.03. The van der Waals surface area contributed by atoms with Gasteiger partial charge in [0.05, 0.1) is 4.90 Å². The smallest absolute Gasteiger partial charge is 0.129 e. The second-order valence-corrected chi connectivity index (χ2v) is 3.38. The van der Waals surface area contributed by atoms with E-state index in [1.54, 1.807) is 17.8 Å². The van der Waals surface area contributed by atoms with Gasteiger partial charge >= 0.3 is 0 Å². The number of aryl methyl sites for hydroxylation is 1. The fraction of sp³-hybridized carbons (Fsp3) is 0.333. The molecule has 0 unspecified atom stereocenters. The second-order valence-electron chi connectivity index (χ2n) is 2.56. The van der Waals surface area contributed by atoms with Crippen LogP contribution in [-0.2, 0) is 0 Å². The van der Waals surface area contributed by atoms with Crippen molar-refractivity contribution in [1.29, 1.82) is 0 Å². The summed E-state index contributed by atoms with van der Waals surface area (Å²) in [5.74, 6) is 0.389. The van der Waals surface area contributed by atoms with Crippen LogP contribution < -0.4 is 0 Å². The Hall–Kier alpha value is -0.630. The van der Waals surface area contributed by atoms with Crippen molar-refractivity contribution in [1.82, 2.24) is 0 Å². The standard InChI is InChI=1S/C9H12OS/c1-6-4-5-8(10)9(11-3)7(6)2/h4-5,10H,1-3H3. The van der Waals surface area contributed by atoms with Gasteiger partial charge in [-0.1, -0.05) is 6.07 Å². The van der Waals surface area contributed by atoms with E-state index < -0.39 is 0 Å². The van der Waals surface area contributed by atoms with Gasteiger partial charge in [0, 0.05) is 0 Å². The molecule has 0 radical (unpaired) electrons. The van der Waals surface area contributed by atoms with Gasteiger partial charge in [0.15, 0.2) is 0 Å². The highest BCUT2D eigenvalue weighted by Crippen LogP contribution is 2.31. The molecule has 60 valence electrons. The average molecular weight is 168 g/mol.